The fourth-order valence-corrected chi connectivity index (χ4v) is 3.84. The number of nitrogens with one attached hydrogen (secondary N) is 1. The van der Waals surface area contributed by atoms with Crippen LogP contribution in [0, 0.1) is 5.41 Å². The molecule has 6 heteroatoms. The van der Waals surface area contributed by atoms with Gasteiger partial charge in [-0.05, 0) is 18.1 Å². The molecule has 0 bridgehead atoms. The highest BCUT2D eigenvalue weighted by atomic mass is 35.5. The van der Waals surface area contributed by atoms with Crippen LogP contribution >= 0.6 is 11.6 Å². The lowest BCUT2D eigenvalue weighted by Gasteiger charge is -2.21. The minimum atomic E-state index is -0.642. The van der Waals surface area contributed by atoms with Crippen LogP contribution in [0.5, 0.6) is 11.5 Å². The number of benzene rings is 3. The van der Waals surface area contributed by atoms with Crippen molar-refractivity contribution in [3.63, 3.8) is 0 Å². The zero-order valence-electron chi connectivity index (χ0n) is 18.1. The van der Waals surface area contributed by atoms with E-state index >= 15 is 0 Å². The van der Waals surface area contributed by atoms with Crippen LogP contribution in [0.25, 0.3) is 0 Å². The average Bonchev–Trinajstić information content (AvgIpc) is 2.83. The van der Waals surface area contributed by atoms with Crippen molar-refractivity contribution in [2.24, 2.45) is 0 Å². The summed E-state index contributed by atoms with van der Waals surface area (Å²) >= 11 is 6.57. The van der Waals surface area contributed by atoms with Gasteiger partial charge in [0.15, 0.2) is 0 Å². The summed E-state index contributed by atoms with van der Waals surface area (Å²) in [5, 5.41) is 19.9. The maximum absolute atomic E-state index is 12.4. The van der Waals surface area contributed by atoms with E-state index in [0.717, 1.165) is 12.0 Å². The minimum Gasteiger partial charge on any atom is -0.507 e. The highest BCUT2D eigenvalue weighted by molar-refractivity contribution is 6.33. The molecule has 3 aromatic carbocycles. The van der Waals surface area contributed by atoms with Crippen molar-refractivity contribution in [2.45, 2.75) is 25.7 Å². The summed E-state index contributed by atoms with van der Waals surface area (Å²) in [5.74, 6) is -0.776. The number of phenolic OH excluding ortho intramolecular Hbond substituents is 1. The molecule has 32 heavy (non-hydrogen) atoms. The zero-order chi connectivity index (χ0) is 23.1. The Kier molecular flexibility index (Phi) is 7.90. The standard InChI is InChI=1S/C26H26ClNO4/c1-3-10-19-24(29)20(23(28)18-13-8-5-9-14-18)15-22(27)25(19)32-16-21(26(30)31-2)17-11-6-4-7-12-17/h4-9,11-15,21,28-29H,3,10,16H2,1-2H3. The number of halogens is 1. The number of phenols is 1. The Labute approximate surface area is 193 Å². The van der Waals surface area contributed by atoms with E-state index in [9.17, 15) is 9.90 Å². The van der Waals surface area contributed by atoms with E-state index in [4.69, 9.17) is 26.5 Å². The molecule has 166 valence electrons. The first-order chi connectivity index (χ1) is 15.5. The predicted molar refractivity (Wildman–Crippen MR) is 126 cm³/mol. The molecular weight excluding hydrogens is 426 g/mol. The van der Waals surface area contributed by atoms with Crippen LogP contribution in [0.15, 0.2) is 66.7 Å². The van der Waals surface area contributed by atoms with Crippen molar-refractivity contribution >= 4 is 23.3 Å². The number of hydrogen-bond donors (Lipinski definition) is 2. The first kappa shape index (κ1) is 23.4. The van der Waals surface area contributed by atoms with Gasteiger partial charge in [0.1, 0.15) is 24.0 Å². The Balaban J connectivity index is 1.96. The minimum absolute atomic E-state index is 0.00202. The third-order valence-electron chi connectivity index (χ3n) is 5.22. The SMILES string of the molecule is CCCc1c(O)c(C(=N)c2ccccc2)cc(Cl)c1OCC(C(=O)OC)c1ccccc1. The fourth-order valence-electron chi connectivity index (χ4n) is 3.56. The number of rotatable bonds is 9. The van der Waals surface area contributed by atoms with Gasteiger partial charge >= 0.3 is 5.97 Å². The summed E-state index contributed by atoms with van der Waals surface area (Å²) in [4.78, 5) is 12.4. The normalized spacial score (nSPS) is 11.6. The second-order valence-corrected chi connectivity index (χ2v) is 7.76. The largest absolute Gasteiger partial charge is 0.507 e. The maximum atomic E-state index is 12.4. The van der Waals surface area contributed by atoms with Crippen LogP contribution in [-0.4, -0.2) is 30.5 Å². The first-order valence-corrected chi connectivity index (χ1v) is 10.8. The van der Waals surface area contributed by atoms with Gasteiger partial charge in [0, 0.05) is 16.7 Å². The van der Waals surface area contributed by atoms with Gasteiger partial charge < -0.3 is 14.6 Å². The van der Waals surface area contributed by atoms with Crippen LogP contribution in [0.4, 0.5) is 0 Å². The van der Waals surface area contributed by atoms with Crippen LogP contribution in [-0.2, 0) is 16.0 Å². The smallest absolute Gasteiger partial charge is 0.316 e. The molecule has 0 saturated heterocycles. The highest BCUT2D eigenvalue weighted by Gasteiger charge is 2.25. The van der Waals surface area contributed by atoms with Crippen molar-refractivity contribution in [1.29, 1.82) is 5.41 Å². The number of carbonyl (C=O) groups is 1. The molecule has 0 saturated carbocycles. The van der Waals surface area contributed by atoms with Crippen LogP contribution in [0.1, 0.15) is 41.5 Å². The van der Waals surface area contributed by atoms with E-state index < -0.39 is 11.9 Å². The molecule has 2 N–H and O–H groups in total. The third kappa shape index (κ3) is 5.11. The van der Waals surface area contributed by atoms with Gasteiger partial charge in [-0.1, -0.05) is 85.6 Å². The van der Waals surface area contributed by atoms with Gasteiger partial charge in [-0.3, -0.25) is 10.2 Å². The summed E-state index contributed by atoms with van der Waals surface area (Å²) in [5.41, 5.74) is 2.46. The molecule has 1 atom stereocenters. The lowest BCUT2D eigenvalue weighted by molar-refractivity contribution is -0.143. The Morgan fingerprint density at radius 3 is 2.31 bits per heavy atom. The Hall–Kier alpha value is -3.31. The van der Waals surface area contributed by atoms with Crippen molar-refractivity contribution in [3.8, 4) is 11.5 Å². The summed E-state index contributed by atoms with van der Waals surface area (Å²) in [6.45, 7) is 1.98. The summed E-state index contributed by atoms with van der Waals surface area (Å²) in [7, 11) is 1.34. The first-order valence-electron chi connectivity index (χ1n) is 10.4. The van der Waals surface area contributed by atoms with E-state index in [0.29, 0.717) is 28.9 Å². The molecule has 0 fully saturated rings. The Morgan fingerprint density at radius 1 is 1.09 bits per heavy atom. The molecule has 3 rings (SSSR count). The molecule has 0 spiro atoms. The molecule has 0 amide bonds. The lowest BCUT2D eigenvalue weighted by atomic mass is 9.96. The number of ether oxygens (including phenoxy) is 2. The average molecular weight is 452 g/mol. The van der Waals surface area contributed by atoms with E-state index in [1.807, 2.05) is 55.5 Å². The van der Waals surface area contributed by atoms with Crippen LogP contribution in [0.3, 0.4) is 0 Å². The van der Waals surface area contributed by atoms with Crippen molar-refractivity contribution in [2.75, 3.05) is 13.7 Å². The molecule has 0 aromatic heterocycles. The molecule has 0 aliphatic rings. The van der Waals surface area contributed by atoms with E-state index in [-0.39, 0.29) is 23.1 Å². The number of aromatic hydroxyl groups is 1. The maximum Gasteiger partial charge on any atom is 0.316 e. The molecule has 0 aliphatic heterocycles. The quantitative estimate of drug-likeness (QED) is 0.320. The summed E-state index contributed by atoms with van der Waals surface area (Å²) < 4.78 is 11.0. The number of hydrogen-bond acceptors (Lipinski definition) is 5. The van der Waals surface area contributed by atoms with Gasteiger partial charge in [0.25, 0.3) is 0 Å². The Bertz CT molecular complexity index is 1080. The topological polar surface area (TPSA) is 79.6 Å². The lowest BCUT2D eigenvalue weighted by Crippen LogP contribution is -2.21. The second kappa shape index (κ2) is 10.8. The third-order valence-corrected chi connectivity index (χ3v) is 5.50. The van der Waals surface area contributed by atoms with E-state index in [1.54, 1.807) is 12.1 Å². The van der Waals surface area contributed by atoms with E-state index in [2.05, 4.69) is 0 Å². The zero-order valence-corrected chi connectivity index (χ0v) is 18.9. The number of carbonyl (C=O) groups excluding carboxylic acids is 1. The predicted octanol–water partition coefficient (Wildman–Crippen LogP) is 5.75. The van der Waals surface area contributed by atoms with E-state index in [1.165, 1.54) is 13.2 Å². The highest BCUT2D eigenvalue weighted by Crippen LogP contribution is 2.40. The monoisotopic (exact) mass is 451 g/mol. The fraction of sp³-hybridized carbons (Fsp3) is 0.231. The van der Waals surface area contributed by atoms with Gasteiger partial charge in [0.05, 0.1) is 17.8 Å². The summed E-state index contributed by atoms with van der Waals surface area (Å²) in [6.07, 6.45) is 1.24. The van der Waals surface area contributed by atoms with Crippen molar-refractivity contribution < 1.29 is 19.4 Å². The van der Waals surface area contributed by atoms with Crippen molar-refractivity contribution in [1.82, 2.24) is 0 Å². The Morgan fingerprint density at radius 2 is 1.72 bits per heavy atom. The van der Waals surface area contributed by atoms with Gasteiger partial charge in [0.2, 0.25) is 0 Å². The molecule has 1 unspecified atom stereocenters. The van der Waals surface area contributed by atoms with Crippen molar-refractivity contribution in [3.05, 3.63) is 94.0 Å². The molecule has 0 radical (unpaired) electrons. The molecule has 0 heterocycles. The van der Waals surface area contributed by atoms with Gasteiger partial charge in [-0.15, -0.1) is 0 Å². The number of esters is 1. The molecular formula is C26H26ClNO4. The number of methoxy groups -OCH3 is 1. The summed E-state index contributed by atoms with van der Waals surface area (Å²) in [6, 6.07) is 19.9. The molecule has 3 aromatic rings. The molecule has 5 nitrogen and oxygen atoms in total. The molecule has 0 aliphatic carbocycles. The second-order valence-electron chi connectivity index (χ2n) is 7.35. The van der Waals surface area contributed by atoms with Crippen LogP contribution < -0.4 is 4.74 Å². The van der Waals surface area contributed by atoms with Gasteiger partial charge in [-0.25, -0.2) is 0 Å². The van der Waals surface area contributed by atoms with Crippen LogP contribution in [0.2, 0.25) is 5.02 Å². The van der Waals surface area contributed by atoms with Gasteiger partial charge in [-0.2, -0.15) is 0 Å².